The predicted molar refractivity (Wildman–Crippen MR) is 48.1 cm³/mol. The van der Waals surface area contributed by atoms with Gasteiger partial charge in [-0.05, 0) is 6.92 Å². The smallest absolute Gasteiger partial charge is 0.250 e. The highest BCUT2D eigenvalue weighted by Crippen LogP contribution is 2.03. The molecule has 0 spiro atoms. The maximum atomic E-state index is 3.75. The highest BCUT2D eigenvalue weighted by molar-refractivity contribution is 5.79. The monoisotopic (exact) mass is 153 g/mol. The van der Waals surface area contributed by atoms with Gasteiger partial charge in [0.2, 0.25) is 0 Å². The van der Waals surface area contributed by atoms with Crippen molar-refractivity contribution in [2.75, 3.05) is 26.7 Å². The van der Waals surface area contributed by atoms with Crippen molar-refractivity contribution in [3.05, 3.63) is 12.7 Å². The van der Waals surface area contributed by atoms with Gasteiger partial charge in [0.25, 0.3) is 5.84 Å². The van der Waals surface area contributed by atoms with Crippen molar-refractivity contribution < 1.29 is 4.58 Å². The van der Waals surface area contributed by atoms with E-state index < -0.39 is 0 Å². The van der Waals surface area contributed by atoms with Crippen LogP contribution >= 0.6 is 0 Å². The minimum absolute atomic E-state index is 1.00. The van der Waals surface area contributed by atoms with E-state index in [9.17, 15) is 0 Å². The Kier molecular flexibility index (Phi) is 2.69. The van der Waals surface area contributed by atoms with Crippen LogP contribution in [0.3, 0.4) is 0 Å². The summed E-state index contributed by atoms with van der Waals surface area (Å²) < 4.78 is 2.31. The van der Waals surface area contributed by atoms with Crippen molar-refractivity contribution >= 4 is 5.84 Å². The molecule has 1 aliphatic heterocycles. The van der Waals surface area contributed by atoms with Gasteiger partial charge in [-0.3, -0.25) is 9.48 Å². The number of hydrogen-bond donors (Lipinski definition) is 0. The highest BCUT2D eigenvalue weighted by Gasteiger charge is 2.24. The Balaban J connectivity index is 2.67. The van der Waals surface area contributed by atoms with Crippen LogP contribution in [-0.2, 0) is 0 Å². The molecule has 0 aromatic rings. The molecule has 0 saturated carbocycles. The second-order valence-corrected chi connectivity index (χ2v) is 2.91. The van der Waals surface area contributed by atoms with Gasteiger partial charge in [0, 0.05) is 0 Å². The van der Waals surface area contributed by atoms with Crippen molar-refractivity contribution in [2.24, 2.45) is 0 Å². The lowest BCUT2D eigenvalue weighted by atomic mass is 10.3. The summed E-state index contributed by atoms with van der Waals surface area (Å²) in [4.78, 5) is 2.40. The third kappa shape index (κ3) is 1.62. The zero-order chi connectivity index (χ0) is 8.27. The number of hydrogen-bond acceptors (Lipinski definition) is 1. The first-order valence-corrected chi connectivity index (χ1v) is 4.22. The lowest BCUT2D eigenvalue weighted by molar-refractivity contribution is -0.487. The molecule has 11 heavy (non-hydrogen) atoms. The van der Waals surface area contributed by atoms with Gasteiger partial charge >= 0.3 is 0 Å². The molecule has 1 rings (SSSR count). The molecular weight excluding hydrogens is 136 g/mol. The van der Waals surface area contributed by atoms with Gasteiger partial charge < -0.3 is 0 Å². The Labute approximate surface area is 68.8 Å². The minimum atomic E-state index is 1.00. The molecule has 0 amide bonds. The average molecular weight is 153 g/mol. The average Bonchev–Trinajstić information content (AvgIpc) is 2.34. The van der Waals surface area contributed by atoms with E-state index in [-0.39, 0.29) is 0 Å². The van der Waals surface area contributed by atoms with Gasteiger partial charge in [-0.2, -0.15) is 0 Å². The molecule has 0 N–H and O–H groups in total. The lowest BCUT2D eigenvalue weighted by Crippen LogP contribution is -2.28. The summed E-state index contributed by atoms with van der Waals surface area (Å²) in [7, 11) is 2.15. The minimum Gasteiger partial charge on any atom is -0.264 e. The summed E-state index contributed by atoms with van der Waals surface area (Å²) in [6.45, 7) is 9.41. The van der Waals surface area contributed by atoms with Crippen molar-refractivity contribution in [3.63, 3.8) is 0 Å². The van der Waals surface area contributed by atoms with Gasteiger partial charge in [0.15, 0.2) is 0 Å². The Bertz CT molecular complexity index is 182. The first-order chi connectivity index (χ1) is 5.29. The third-order valence-corrected chi connectivity index (χ3v) is 2.22. The molecule has 0 saturated heterocycles. The van der Waals surface area contributed by atoms with Crippen molar-refractivity contribution in [1.29, 1.82) is 0 Å². The molecule has 1 aliphatic rings. The molecule has 2 nitrogen and oxygen atoms in total. The normalized spacial score (nSPS) is 17.8. The zero-order valence-corrected chi connectivity index (χ0v) is 7.51. The molecule has 0 aromatic heterocycles. The number of nitrogens with zero attached hydrogens (tertiary/aromatic N) is 2. The number of rotatable bonds is 3. The van der Waals surface area contributed by atoms with Crippen molar-refractivity contribution in [1.82, 2.24) is 4.90 Å². The summed E-state index contributed by atoms with van der Waals surface area (Å²) in [5, 5.41) is 0. The Morgan fingerprint density at radius 3 is 3.00 bits per heavy atom. The third-order valence-electron chi connectivity index (χ3n) is 2.22. The summed E-state index contributed by atoms with van der Waals surface area (Å²) in [5.74, 6) is 1.42. The first-order valence-electron chi connectivity index (χ1n) is 4.22. The summed E-state index contributed by atoms with van der Waals surface area (Å²) in [6.07, 6.45) is 2.98. The fourth-order valence-corrected chi connectivity index (χ4v) is 1.52. The van der Waals surface area contributed by atoms with Crippen LogP contribution in [0.25, 0.3) is 0 Å². The van der Waals surface area contributed by atoms with Gasteiger partial charge in [-0.15, -0.1) is 6.58 Å². The fourth-order valence-electron chi connectivity index (χ4n) is 1.52. The summed E-state index contributed by atoms with van der Waals surface area (Å²) >= 11 is 0. The van der Waals surface area contributed by atoms with E-state index in [1.807, 2.05) is 6.08 Å². The van der Waals surface area contributed by atoms with E-state index in [4.69, 9.17) is 0 Å². The topological polar surface area (TPSA) is 6.25 Å². The van der Waals surface area contributed by atoms with E-state index in [2.05, 4.69) is 30.0 Å². The maximum Gasteiger partial charge on any atom is 0.250 e. The van der Waals surface area contributed by atoms with Crippen LogP contribution in [-0.4, -0.2) is 42.0 Å². The SMILES string of the molecule is C=CCC1=[N+](C)CCN1CC. The van der Waals surface area contributed by atoms with E-state index in [0.717, 1.165) is 19.5 Å². The number of likely N-dealkylation sites (N-methyl/N-ethyl adjacent to an activating group) is 2. The van der Waals surface area contributed by atoms with Crippen LogP contribution in [0.4, 0.5) is 0 Å². The molecule has 62 valence electrons. The molecule has 0 bridgehead atoms. The zero-order valence-electron chi connectivity index (χ0n) is 7.51. The molecule has 0 aliphatic carbocycles. The molecule has 2 heteroatoms. The van der Waals surface area contributed by atoms with E-state index >= 15 is 0 Å². The Morgan fingerprint density at radius 2 is 2.45 bits per heavy atom. The molecule has 0 unspecified atom stereocenters. The standard InChI is InChI=1S/C9H17N2/c1-4-6-9-10(3)7-8-11(9)5-2/h4H,1,5-8H2,2-3H3/q+1. The second kappa shape index (κ2) is 3.56. The molecule has 0 radical (unpaired) electrons. The molecular formula is C9H17N2+. The van der Waals surface area contributed by atoms with Gasteiger partial charge in [0.05, 0.1) is 20.0 Å². The van der Waals surface area contributed by atoms with Crippen LogP contribution < -0.4 is 0 Å². The maximum absolute atomic E-state index is 3.75. The Hall–Kier alpha value is -0.790. The first kappa shape index (κ1) is 8.31. The van der Waals surface area contributed by atoms with E-state index in [1.54, 1.807) is 0 Å². The quantitative estimate of drug-likeness (QED) is 0.432. The van der Waals surface area contributed by atoms with Crippen LogP contribution in [0.15, 0.2) is 12.7 Å². The number of amidine groups is 1. The molecule has 0 aromatic carbocycles. The van der Waals surface area contributed by atoms with Gasteiger partial charge in [-0.1, -0.05) is 6.08 Å². The molecule has 0 atom stereocenters. The van der Waals surface area contributed by atoms with E-state index in [1.165, 1.54) is 12.4 Å². The van der Waals surface area contributed by atoms with Crippen molar-refractivity contribution in [3.8, 4) is 0 Å². The largest absolute Gasteiger partial charge is 0.264 e. The van der Waals surface area contributed by atoms with Gasteiger partial charge in [-0.25, -0.2) is 0 Å². The van der Waals surface area contributed by atoms with Crippen LogP contribution in [0.5, 0.6) is 0 Å². The van der Waals surface area contributed by atoms with Crippen LogP contribution in [0.2, 0.25) is 0 Å². The predicted octanol–water partition coefficient (Wildman–Crippen LogP) is 0.939. The van der Waals surface area contributed by atoms with Crippen LogP contribution in [0, 0.1) is 0 Å². The van der Waals surface area contributed by atoms with Crippen LogP contribution in [0.1, 0.15) is 13.3 Å². The Morgan fingerprint density at radius 1 is 1.73 bits per heavy atom. The summed E-state index contributed by atoms with van der Waals surface area (Å²) in [6, 6.07) is 0. The second-order valence-electron chi connectivity index (χ2n) is 2.91. The van der Waals surface area contributed by atoms with E-state index in [0.29, 0.717) is 0 Å². The van der Waals surface area contributed by atoms with Gasteiger partial charge in [0.1, 0.15) is 13.1 Å². The fraction of sp³-hybridized carbons (Fsp3) is 0.667. The molecule has 1 heterocycles. The van der Waals surface area contributed by atoms with Crippen molar-refractivity contribution in [2.45, 2.75) is 13.3 Å². The lowest BCUT2D eigenvalue weighted by Gasteiger charge is -2.08. The highest BCUT2D eigenvalue weighted by atomic mass is 15.3. The summed E-state index contributed by atoms with van der Waals surface area (Å²) in [5.41, 5.74) is 0. The molecule has 0 fully saturated rings.